The molecule has 38 heavy (non-hydrogen) atoms. The number of Topliss-reactive ketones (excluding diaryl/α,β-unsaturated/α-hetero) is 1. The summed E-state index contributed by atoms with van der Waals surface area (Å²) in [4.78, 5) is 37.4. The summed E-state index contributed by atoms with van der Waals surface area (Å²) in [7, 11) is 0. The summed E-state index contributed by atoms with van der Waals surface area (Å²) in [5.74, 6) is 1.39. The second-order valence-corrected chi connectivity index (χ2v) is 9.55. The fourth-order valence-electron chi connectivity index (χ4n) is 4.62. The second kappa shape index (κ2) is 11.6. The number of rotatable bonds is 6. The summed E-state index contributed by atoms with van der Waals surface area (Å²) in [6.07, 6.45) is 1.90. The van der Waals surface area contributed by atoms with E-state index in [1.54, 1.807) is 29.2 Å². The van der Waals surface area contributed by atoms with Crippen LogP contribution >= 0.6 is 0 Å². The number of benzene rings is 2. The van der Waals surface area contributed by atoms with Gasteiger partial charge >= 0.3 is 6.03 Å². The summed E-state index contributed by atoms with van der Waals surface area (Å²) in [6, 6.07) is 14.9. The van der Waals surface area contributed by atoms with Crippen molar-refractivity contribution in [1.82, 2.24) is 20.2 Å². The monoisotopic (exact) mass is 515 g/mol. The molecule has 0 bridgehead atoms. The molecule has 10 nitrogen and oxygen atoms in total. The summed E-state index contributed by atoms with van der Waals surface area (Å²) in [5, 5.41) is 9.57. The lowest BCUT2D eigenvalue weighted by molar-refractivity contribution is 0.0277. The van der Waals surface area contributed by atoms with Gasteiger partial charge in [0.25, 0.3) is 0 Å². The van der Waals surface area contributed by atoms with Gasteiger partial charge in [0.05, 0.1) is 12.7 Å². The topological polar surface area (TPSA) is 112 Å². The van der Waals surface area contributed by atoms with Gasteiger partial charge in [0, 0.05) is 68.0 Å². The average molecular weight is 516 g/mol. The molecule has 2 fully saturated rings. The molecule has 0 spiro atoms. The number of piperazine rings is 1. The minimum Gasteiger partial charge on any atom is -0.371 e. The van der Waals surface area contributed by atoms with E-state index in [4.69, 9.17) is 9.72 Å². The molecule has 1 unspecified atom stereocenters. The Hall–Kier alpha value is -4.02. The Bertz CT molecular complexity index is 1270. The summed E-state index contributed by atoms with van der Waals surface area (Å²) in [6.45, 7) is 8.43. The maximum Gasteiger partial charge on any atom is 0.321 e. The van der Waals surface area contributed by atoms with Crippen LogP contribution in [-0.2, 0) is 4.74 Å². The standard InChI is InChI=1S/C28H33N7O3/c1-19-17-30-27(31-23-9-5-22(6-10-23)25-18-29-11-16-38-25)33-26(19)34-12-14-35(15-13-34)28(37)32-24-7-3-21(4-8-24)20(2)36/h3-10,17,25,29H,11-16,18H2,1-2H3,(H,32,37)(H,30,31,33). The first kappa shape index (κ1) is 25.6. The number of nitrogens with one attached hydrogen (secondary N) is 3. The number of carbonyl (C=O) groups is 2. The average Bonchev–Trinajstić information content (AvgIpc) is 2.95. The van der Waals surface area contributed by atoms with E-state index in [-0.39, 0.29) is 17.9 Å². The van der Waals surface area contributed by atoms with Crippen molar-refractivity contribution < 1.29 is 14.3 Å². The van der Waals surface area contributed by atoms with Gasteiger partial charge < -0.3 is 30.5 Å². The molecular formula is C28H33N7O3. The van der Waals surface area contributed by atoms with Gasteiger partial charge in [-0.05, 0) is 55.8 Å². The molecule has 2 aliphatic rings. The largest absolute Gasteiger partial charge is 0.371 e. The van der Waals surface area contributed by atoms with Crippen LogP contribution in [-0.4, -0.2) is 72.6 Å². The Kier molecular flexibility index (Phi) is 7.81. The third-order valence-electron chi connectivity index (χ3n) is 6.82. The van der Waals surface area contributed by atoms with Crippen molar-refractivity contribution in [3.05, 3.63) is 71.4 Å². The van der Waals surface area contributed by atoms with Gasteiger partial charge in [0.15, 0.2) is 5.78 Å². The van der Waals surface area contributed by atoms with Crippen molar-refractivity contribution in [2.24, 2.45) is 0 Å². The van der Waals surface area contributed by atoms with Crippen LogP contribution in [0.25, 0.3) is 0 Å². The molecule has 1 aromatic heterocycles. The van der Waals surface area contributed by atoms with Crippen molar-refractivity contribution in [3.8, 4) is 0 Å². The highest BCUT2D eigenvalue weighted by Crippen LogP contribution is 2.24. The Morgan fingerprint density at radius 2 is 1.71 bits per heavy atom. The van der Waals surface area contributed by atoms with Crippen LogP contribution in [0.2, 0.25) is 0 Å². The number of amides is 2. The van der Waals surface area contributed by atoms with Crippen molar-refractivity contribution in [2.45, 2.75) is 20.0 Å². The summed E-state index contributed by atoms with van der Waals surface area (Å²) < 4.78 is 5.83. The molecule has 3 N–H and O–H groups in total. The van der Waals surface area contributed by atoms with Crippen LogP contribution in [0, 0.1) is 6.92 Å². The number of carbonyl (C=O) groups excluding carboxylic acids is 2. The van der Waals surface area contributed by atoms with Crippen LogP contribution in [0.3, 0.4) is 0 Å². The van der Waals surface area contributed by atoms with Gasteiger partial charge in [0.2, 0.25) is 5.95 Å². The molecule has 198 valence electrons. The van der Waals surface area contributed by atoms with E-state index >= 15 is 0 Å². The quantitative estimate of drug-likeness (QED) is 0.426. The molecule has 1 atom stereocenters. The van der Waals surface area contributed by atoms with E-state index in [1.807, 2.05) is 25.3 Å². The van der Waals surface area contributed by atoms with E-state index in [1.165, 1.54) is 6.92 Å². The predicted octanol–water partition coefficient (Wildman–Crippen LogP) is 3.75. The first-order chi connectivity index (χ1) is 18.5. The van der Waals surface area contributed by atoms with Gasteiger partial charge in [0.1, 0.15) is 5.82 Å². The van der Waals surface area contributed by atoms with E-state index in [0.29, 0.717) is 43.4 Å². The first-order valence-corrected chi connectivity index (χ1v) is 12.9. The second-order valence-electron chi connectivity index (χ2n) is 9.55. The van der Waals surface area contributed by atoms with Crippen molar-refractivity contribution in [1.29, 1.82) is 0 Å². The van der Waals surface area contributed by atoms with Crippen LogP contribution in [0.15, 0.2) is 54.7 Å². The number of nitrogens with zero attached hydrogens (tertiary/aromatic N) is 4. The molecule has 2 amide bonds. The third-order valence-corrected chi connectivity index (χ3v) is 6.82. The zero-order valence-electron chi connectivity index (χ0n) is 21.7. The molecule has 3 heterocycles. The van der Waals surface area contributed by atoms with Gasteiger partial charge in [-0.15, -0.1) is 0 Å². The van der Waals surface area contributed by atoms with E-state index in [0.717, 1.165) is 42.3 Å². The number of aromatic nitrogens is 2. The lowest BCUT2D eigenvalue weighted by Crippen LogP contribution is -2.50. The molecule has 0 radical (unpaired) electrons. The number of urea groups is 1. The normalized spacial score (nSPS) is 17.7. The molecule has 3 aromatic rings. The van der Waals surface area contributed by atoms with E-state index in [2.05, 4.69) is 38.0 Å². The Morgan fingerprint density at radius 3 is 2.37 bits per heavy atom. The van der Waals surface area contributed by atoms with Gasteiger partial charge in [-0.2, -0.15) is 4.98 Å². The number of ether oxygens (including phenoxy) is 1. The zero-order chi connectivity index (χ0) is 26.5. The molecule has 0 saturated carbocycles. The maximum atomic E-state index is 12.8. The van der Waals surface area contributed by atoms with Gasteiger partial charge in [-0.3, -0.25) is 4.79 Å². The zero-order valence-corrected chi connectivity index (χ0v) is 21.7. The van der Waals surface area contributed by atoms with Gasteiger partial charge in [-0.1, -0.05) is 12.1 Å². The first-order valence-electron chi connectivity index (χ1n) is 12.9. The molecular weight excluding hydrogens is 482 g/mol. The van der Waals surface area contributed by atoms with Crippen molar-refractivity contribution >= 4 is 35.0 Å². The minimum atomic E-state index is -0.153. The highest BCUT2D eigenvalue weighted by molar-refractivity contribution is 5.95. The third kappa shape index (κ3) is 6.09. The highest BCUT2D eigenvalue weighted by atomic mass is 16.5. The van der Waals surface area contributed by atoms with Gasteiger partial charge in [-0.25, -0.2) is 9.78 Å². The van der Waals surface area contributed by atoms with Crippen molar-refractivity contribution in [2.75, 3.05) is 61.4 Å². The Labute approximate surface area is 222 Å². The number of morpholine rings is 1. The molecule has 5 rings (SSSR count). The number of hydrogen-bond acceptors (Lipinski definition) is 8. The molecule has 0 aliphatic carbocycles. The van der Waals surface area contributed by atoms with Crippen molar-refractivity contribution in [3.63, 3.8) is 0 Å². The smallest absolute Gasteiger partial charge is 0.321 e. The Balaban J connectivity index is 1.17. The number of anilines is 4. The van der Waals surface area contributed by atoms with Crippen LogP contribution in [0.5, 0.6) is 0 Å². The lowest BCUT2D eigenvalue weighted by Gasteiger charge is -2.36. The molecule has 2 aromatic carbocycles. The Morgan fingerprint density at radius 1 is 1.00 bits per heavy atom. The predicted molar refractivity (Wildman–Crippen MR) is 147 cm³/mol. The number of ketones is 1. The molecule has 2 aliphatic heterocycles. The SMILES string of the molecule is CC(=O)c1ccc(NC(=O)N2CCN(c3nc(Nc4ccc(C5CNCCO5)cc4)ncc3C)CC2)cc1. The number of hydrogen-bond donors (Lipinski definition) is 3. The summed E-state index contributed by atoms with van der Waals surface area (Å²) >= 11 is 0. The lowest BCUT2D eigenvalue weighted by atomic mass is 10.1. The molecule has 2 saturated heterocycles. The fourth-order valence-corrected chi connectivity index (χ4v) is 4.62. The minimum absolute atomic E-state index is 0.00203. The van der Waals surface area contributed by atoms with E-state index in [9.17, 15) is 9.59 Å². The highest BCUT2D eigenvalue weighted by Gasteiger charge is 2.23. The summed E-state index contributed by atoms with van der Waals surface area (Å²) in [5.41, 5.74) is 4.32. The molecule has 10 heteroatoms. The fraction of sp³-hybridized carbons (Fsp3) is 0.357. The number of aryl methyl sites for hydroxylation is 1. The maximum absolute atomic E-state index is 12.8. The van der Waals surface area contributed by atoms with Crippen LogP contribution < -0.4 is 20.9 Å². The van der Waals surface area contributed by atoms with Crippen LogP contribution in [0.1, 0.15) is 34.5 Å². The van der Waals surface area contributed by atoms with Crippen LogP contribution in [0.4, 0.5) is 27.9 Å². The van der Waals surface area contributed by atoms with E-state index < -0.39 is 0 Å².